The first-order valence-corrected chi connectivity index (χ1v) is 26.1. The van der Waals surface area contributed by atoms with Gasteiger partial charge in [0.25, 0.3) is 11.5 Å². The molecule has 1 aromatic carbocycles. The number of hydrogen-bond donors (Lipinski definition) is 4. The summed E-state index contributed by atoms with van der Waals surface area (Å²) in [4.78, 5) is 56.9. The van der Waals surface area contributed by atoms with Gasteiger partial charge in [-0.3, -0.25) is 32.7 Å². The van der Waals surface area contributed by atoms with Crippen LogP contribution in [0.5, 0.6) is 0 Å². The first kappa shape index (κ1) is 46.8. The zero-order valence-corrected chi connectivity index (χ0v) is 39.9. The first-order valence-electron chi connectivity index (χ1n) is 21.8. The topological polar surface area (TPSA) is 289 Å². The maximum Gasteiger partial charge on any atom is 0.475 e. The number of benzene rings is 1. The molecule has 0 radical (unpaired) electrons. The Bertz CT molecular complexity index is 2860. The van der Waals surface area contributed by atoms with Crippen molar-refractivity contribution in [1.82, 2.24) is 43.9 Å². The summed E-state index contributed by atoms with van der Waals surface area (Å²) in [5, 5.41) is 35.3. The fraction of sp³-hybridized carbons (Fsp3) is 0.548. The number of rotatable bonds is 17. The molecule has 4 fully saturated rings. The van der Waals surface area contributed by atoms with Crippen LogP contribution in [0.1, 0.15) is 56.2 Å². The van der Waals surface area contributed by atoms with E-state index in [4.69, 9.17) is 27.5 Å². The summed E-state index contributed by atoms with van der Waals surface area (Å²) in [6, 6.07) is 10.1. The highest BCUT2D eigenvalue weighted by molar-refractivity contribution is 7.48. The predicted octanol–water partition coefficient (Wildman–Crippen LogP) is 3.84. The van der Waals surface area contributed by atoms with Crippen LogP contribution in [0.3, 0.4) is 0 Å². The molecule has 2 aliphatic heterocycles. The van der Waals surface area contributed by atoms with Gasteiger partial charge in [-0.25, -0.2) is 29.5 Å². The largest absolute Gasteiger partial charge is 0.475 e. The molecule has 2 bridgehead atoms. The number of hydrogen-bond acceptors (Lipinski definition) is 18. The number of nitrogens with one attached hydrogen (secondary N) is 2. The minimum absolute atomic E-state index is 0.00289. The third kappa shape index (κ3) is 8.30. The summed E-state index contributed by atoms with van der Waals surface area (Å²) < 4.78 is 56.2. The lowest BCUT2D eigenvalue weighted by Crippen LogP contribution is -2.49. The molecule has 6 heterocycles. The molecule has 4 N–H and O–H groups in total. The van der Waals surface area contributed by atoms with E-state index in [0.29, 0.717) is 23.1 Å². The van der Waals surface area contributed by atoms with Crippen molar-refractivity contribution in [2.45, 2.75) is 94.0 Å². The molecule has 23 nitrogen and oxygen atoms in total. The van der Waals surface area contributed by atoms with Gasteiger partial charge in [0.05, 0.1) is 76.2 Å². The van der Waals surface area contributed by atoms with Crippen LogP contribution in [0.2, 0.25) is 18.1 Å². The molecule has 0 spiro atoms. The average molecular weight is 961 g/mol. The van der Waals surface area contributed by atoms with E-state index in [1.54, 1.807) is 49.6 Å². The summed E-state index contributed by atoms with van der Waals surface area (Å²) in [6.07, 6.45) is 0.641. The number of fused-ring (bicyclic) bond motifs is 5. The van der Waals surface area contributed by atoms with Crippen LogP contribution < -0.4 is 10.9 Å². The number of aliphatic hydroxyl groups is 2. The number of nitrogens with zero attached hydrogens (tertiary/aromatic N) is 10. The number of phosphoric ester groups is 1. The van der Waals surface area contributed by atoms with Gasteiger partial charge in [-0.05, 0) is 42.6 Å². The summed E-state index contributed by atoms with van der Waals surface area (Å²) in [6.45, 7) is 9.01. The van der Waals surface area contributed by atoms with E-state index in [-0.39, 0.29) is 66.0 Å². The van der Waals surface area contributed by atoms with E-state index < -0.39 is 76.0 Å². The van der Waals surface area contributed by atoms with E-state index in [1.807, 2.05) is 16.7 Å². The maximum atomic E-state index is 15.0. The molecule has 1 unspecified atom stereocenters. The van der Waals surface area contributed by atoms with E-state index in [1.165, 1.54) is 23.6 Å². The monoisotopic (exact) mass is 960 g/mol. The Morgan fingerprint density at radius 1 is 1.13 bits per heavy atom. The van der Waals surface area contributed by atoms with Crippen molar-refractivity contribution in [3.63, 3.8) is 0 Å². The number of aliphatic imine (C=N–C) groups is 1. The number of amides is 1. The van der Waals surface area contributed by atoms with Gasteiger partial charge in [-0.2, -0.15) is 10.2 Å². The number of carbonyl (C=O) groups is 1. The molecule has 2 saturated carbocycles. The van der Waals surface area contributed by atoms with Crippen molar-refractivity contribution in [2.24, 2.45) is 16.3 Å². The Morgan fingerprint density at radius 2 is 1.88 bits per heavy atom. The second-order valence-electron chi connectivity index (χ2n) is 19.1. The molecule has 2 aliphatic carbocycles. The lowest BCUT2D eigenvalue weighted by molar-refractivity contribution is -0.185. The number of aromatic nitrogens is 8. The Kier molecular flexibility index (Phi) is 12.1. The van der Waals surface area contributed by atoms with Crippen LogP contribution in [-0.4, -0.2) is 145 Å². The van der Waals surface area contributed by atoms with Crippen LogP contribution in [0, 0.1) is 22.7 Å². The quantitative estimate of drug-likeness (QED) is 0.0338. The van der Waals surface area contributed by atoms with Crippen LogP contribution in [0.25, 0.3) is 22.3 Å². The first-order chi connectivity index (χ1) is 31.8. The second kappa shape index (κ2) is 17.3. The molecule has 1 amide bonds. The van der Waals surface area contributed by atoms with E-state index in [2.05, 4.69) is 74.1 Å². The molecule has 356 valence electrons. The zero-order valence-electron chi connectivity index (χ0n) is 38.0. The van der Waals surface area contributed by atoms with Crippen LogP contribution in [0.15, 0.2) is 59.1 Å². The Balaban J connectivity index is 1.01. The number of phosphoric acid groups is 1. The average Bonchev–Trinajstić information content (AvgIpc) is 3.71. The van der Waals surface area contributed by atoms with Crippen molar-refractivity contribution < 1.29 is 47.0 Å². The van der Waals surface area contributed by atoms with Crippen LogP contribution in [-0.2, 0) is 32.0 Å². The van der Waals surface area contributed by atoms with Gasteiger partial charge in [-0.1, -0.05) is 39.0 Å². The molecule has 9 rings (SSSR count). The number of nitriles is 1. The number of ether oxygens (including phenoxy) is 2. The number of aromatic amines is 1. The smallest absolute Gasteiger partial charge is 0.409 e. The fourth-order valence-electron chi connectivity index (χ4n) is 8.94. The molecule has 2 saturated heterocycles. The van der Waals surface area contributed by atoms with Gasteiger partial charge in [0.1, 0.15) is 24.1 Å². The van der Waals surface area contributed by atoms with Crippen LogP contribution >= 0.6 is 7.82 Å². The summed E-state index contributed by atoms with van der Waals surface area (Å²) >= 11 is 0. The Morgan fingerprint density at radius 3 is 2.60 bits per heavy atom. The molecule has 10 atom stereocenters. The minimum Gasteiger partial charge on any atom is -0.409 e. The number of H-pyrrole nitrogens is 1. The van der Waals surface area contributed by atoms with Gasteiger partial charge >= 0.3 is 7.82 Å². The molecule has 25 heteroatoms. The Hall–Kier alpha value is -5.32. The van der Waals surface area contributed by atoms with Crippen molar-refractivity contribution >= 4 is 62.5 Å². The van der Waals surface area contributed by atoms with Gasteiger partial charge in [0.15, 0.2) is 42.7 Å². The van der Waals surface area contributed by atoms with E-state index >= 15 is 0 Å². The lowest BCUT2D eigenvalue weighted by Gasteiger charge is -2.42. The molecule has 4 aromatic heterocycles. The molecular formula is C42H53N12O11PSi. The Labute approximate surface area is 385 Å². The number of anilines is 1. The van der Waals surface area contributed by atoms with E-state index in [9.17, 15) is 29.6 Å². The molecule has 67 heavy (non-hydrogen) atoms. The highest BCUT2D eigenvalue weighted by Gasteiger charge is 2.74. The number of aliphatic hydroxyl groups excluding tert-OH is 2. The molecule has 5 aromatic rings. The summed E-state index contributed by atoms with van der Waals surface area (Å²) in [5.41, 5.74) is -1.88. The van der Waals surface area contributed by atoms with Crippen LogP contribution in [0.4, 0.5) is 11.8 Å². The lowest BCUT2D eigenvalue weighted by atomic mass is 10.0. The van der Waals surface area contributed by atoms with Gasteiger partial charge in [0.2, 0.25) is 5.95 Å². The minimum atomic E-state index is -4.69. The van der Waals surface area contributed by atoms with Crippen molar-refractivity contribution in [2.75, 3.05) is 45.8 Å². The second-order valence-corrected chi connectivity index (χ2v) is 25.5. The predicted molar refractivity (Wildman–Crippen MR) is 242 cm³/mol. The summed E-state index contributed by atoms with van der Waals surface area (Å²) in [7, 11) is -3.75. The maximum absolute atomic E-state index is 15.0. The van der Waals surface area contributed by atoms with Gasteiger partial charge in [0, 0.05) is 25.1 Å². The van der Waals surface area contributed by atoms with Crippen molar-refractivity contribution in [3.8, 4) is 6.07 Å². The van der Waals surface area contributed by atoms with Crippen molar-refractivity contribution in [1.29, 1.82) is 5.26 Å². The van der Waals surface area contributed by atoms with Gasteiger partial charge < -0.3 is 38.9 Å². The number of carbonyl (C=O) groups excluding carboxylic acids is 1. The normalized spacial score (nSPS) is 28.8. The molecule has 4 aliphatic rings. The third-order valence-corrected chi connectivity index (χ3v) is 19.5. The third-order valence-electron chi connectivity index (χ3n) is 13.6. The highest BCUT2D eigenvalue weighted by Crippen LogP contribution is 2.71. The molecular weight excluding hydrogens is 908 g/mol. The SMILES string of the molecule is CN(C)C=Nc1nc2c(ncn2[C@@H]2O[C@@]3(CO)CO[C@@H]2[C@@H]3OP(=O)(OCCC#N)OC[C@]23C[C@@H]2[C@@H](n2cnc4c(NC(=O)c5ccccc5)ncnc42)[C@H](O[Si](C)(C)C(C)(C)C)[C@@H]3O)c(=O)[nH]1. The zero-order chi connectivity index (χ0) is 47.7. The van der Waals surface area contributed by atoms with Gasteiger partial charge in [-0.15, -0.1) is 0 Å². The standard InChI is InChI=1S/C42H53N12O11PSi/c1-40(2,3)67(6,7)65-29-28(53-22-46-26-33(44-20-45-34(26)53)49-36(57)24-12-9-8-10-13-24)25-16-41(25,31(29)56)18-62-66(59,61-15-11-14-43)64-32-30-38(63-42(32,17-55)19-60-30)54-23-47-27-35(54)50-39(51-37(27)58)48-21-52(4)5/h8-10,12-13,20-23,25,28-32,38,55-56H,11,15-19H2,1-7H3,(H,50,51,58)(H,44,45,49,57)/t25-,28-,29+,30-,31+,32+,38-,41-,42+,66?/m1/s1. The highest BCUT2D eigenvalue weighted by atomic mass is 31.2. The van der Waals surface area contributed by atoms with E-state index in [0.717, 1.165) is 0 Å². The summed E-state index contributed by atoms with van der Waals surface area (Å²) in [5.74, 6) is -0.486. The van der Waals surface area contributed by atoms with Crippen molar-refractivity contribution in [3.05, 3.63) is 65.2 Å². The number of imidazole rings is 2. The fourth-order valence-corrected chi connectivity index (χ4v) is 11.7.